The van der Waals surface area contributed by atoms with Crippen molar-refractivity contribution in [3.63, 3.8) is 0 Å². The summed E-state index contributed by atoms with van der Waals surface area (Å²) in [6.45, 7) is 1.86. The molecule has 0 bridgehead atoms. The van der Waals surface area contributed by atoms with Gasteiger partial charge >= 0.3 is 0 Å². The van der Waals surface area contributed by atoms with E-state index in [1.54, 1.807) is 18.5 Å². The summed E-state index contributed by atoms with van der Waals surface area (Å²) < 4.78 is 5.28. The number of hydrogen-bond acceptors (Lipinski definition) is 5. The number of carbonyl (C=O) groups is 1. The third-order valence-electron chi connectivity index (χ3n) is 2.02. The van der Waals surface area contributed by atoms with Crippen molar-refractivity contribution in [3.05, 3.63) is 18.5 Å². The molecule has 2 heterocycles. The largest absolute Gasteiger partial charge is 0.366 e. The van der Waals surface area contributed by atoms with E-state index in [0.29, 0.717) is 19.1 Å². The minimum atomic E-state index is -0.456. The second-order valence-electron chi connectivity index (χ2n) is 3.13. The minimum absolute atomic E-state index is 0.214. The molecule has 1 fully saturated rings. The summed E-state index contributed by atoms with van der Waals surface area (Å²) in [5.74, 6) is 0.0880. The van der Waals surface area contributed by atoms with Crippen LogP contribution in [0.5, 0.6) is 0 Å². The third-order valence-corrected chi connectivity index (χ3v) is 2.02. The number of aromatic nitrogens is 2. The molecule has 1 atom stereocenters. The number of carbonyl (C=O) groups excluding carboxylic acids is 1. The monoisotopic (exact) mass is 208 g/mol. The van der Waals surface area contributed by atoms with E-state index in [-0.39, 0.29) is 5.91 Å². The van der Waals surface area contributed by atoms with Crippen LogP contribution in [0.1, 0.15) is 0 Å². The fraction of sp³-hybridized carbons (Fsp3) is 0.444. The SMILES string of the molecule is O=C(Nc1ncccn1)C1CNCCO1. The molecule has 1 aliphatic rings. The first-order chi connectivity index (χ1) is 7.36. The van der Waals surface area contributed by atoms with Gasteiger partial charge in [0, 0.05) is 25.5 Å². The first kappa shape index (κ1) is 10.0. The molecule has 0 saturated carbocycles. The first-order valence-electron chi connectivity index (χ1n) is 4.76. The zero-order chi connectivity index (χ0) is 10.5. The van der Waals surface area contributed by atoms with Crippen LogP contribution in [0.4, 0.5) is 5.95 Å². The summed E-state index contributed by atoms with van der Waals surface area (Å²) in [6.07, 6.45) is 2.69. The summed E-state index contributed by atoms with van der Waals surface area (Å²) in [5.41, 5.74) is 0. The van der Waals surface area contributed by atoms with Crippen LogP contribution in [-0.4, -0.2) is 41.7 Å². The predicted octanol–water partition coefficient (Wildman–Crippen LogP) is -0.597. The molecule has 2 rings (SSSR count). The van der Waals surface area contributed by atoms with Gasteiger partial charge in [0.15, 0.2) is 0 Å². The van der Waals surface area contributed by atoms with Gasteiger partial charge in [-0.3, -0.25) is 10.1 Å². The van der Waals surface area contributed by atoms with Crippen molar-refractivity contribution < 1.29 is 9.53 Å². The number of nitrogens with one attached hydrogen (secondary N) is 2. The third kappa shape index (κ3) is 2.71. The lowest BCUT2D eigenvalue weighted by atomic mass is 10.3. The average molecular weight is 208 g/mol. The van der Waals surface area contributed by atoms with Gasteiger partial charge < -0.3 is 10.1 Å². The van der Waals surface area contributed by atoms with Crippen LogP contribution >= 0.6 is 0 Å². The molecule has 1 aliphatic heterocycles. The Bertz CT molecular complexity index is 324. The molecule has 6 heteroatoms. The summed E-state index contributed by atoms with van der Waals surface area (Å²) in [6, 6.07) is 1.69. The Labute approximate surface area is 87.1 Å². The van der Waals surface area contributed by atoms with Crippen molar-refractivity contribution in [2.45, 2.75) is 6.10 Å². The maximum absolute atomic E-state index is 11.6. The van der Waals surface area contributed by atoms with E-state index in [2.05, 4.69) is 20.6 Å². The lowest BCUT2D eigenvalue weighted by molar-refractivity contribution is -0.128. The Hall–Kier alpha value is -1.53. The molecule has 1 aromatic rings. The summed E-state index contributed by atoms with van der Waals surface area (Å²) in [4.78, 5) is 19.4. The van der Waals surface area contributed by atoms with Crippen molar-refractivity contribution in [2.75, 3.05) is 25.0 Å². The highest BCUT2D eigenvalue weighted by atomic mass is 16.5. The molecule has 0 aliphatic carbocycles. The molecule has 1 amide bonds. The predicted molar refractivity (Wildman–Crippen MR) is 53.3 cm³/mol. The molecule has 1 saturated heterocycles. The molecular weight excluding hydrogens is 196 g/mol. The van der Waals surface area contributed by atoms with Crippen molar-refractivity contribution in [1.29, 1.82) is 0 Å². The second kappa shape index (κ2) is 4.81. The Morgan fingerprint density at radius 1 is 1.53 bits per heavy atom. The molecule has 0 aromatic carbocycles. The number of amides is 1. The summed E-state index contributed by atoms with van der Waals surface area (Å²) in [7, 11) is 0. The highest BCUT2D eigenvalue weighted by Crippen LogP contribution is 2.00. The number of anilines is 1. The van der Waals surface area contributed by atoms with Crippen LogP contribution in [0.15, 0.2) is 18.5 Å². The Morgan fingerprint density at radius 2 is 2.33 bits per heavy atom. The van der Waals surface area contributed by atoms with Crippen LogP contribution in [0.3, 0.4) is 0 Å². The maximum Gasteiger partial charge on any atom is 0.257 e. The zero-order valence-electron chi connectivity index (χ0n) is 8.14. The van der Waals surface area contributed by atoms with Gasteiger partial charge in [-0.1, -0.05) is 0 Å². The van der Waals surface area contributed by atoms with E-state index in [0.717, 1.165) is 6.54 Å². The van der Waals surface area contributed by atoms with E-state index >= 15 is 0 Å². The van der Waals surface area contributed by atoms with Gasteiger partial charge in [0.05, 0.1) is 6.61 Å². The zero-order valence-corrected chi connectivity index (χ0v) is 8.14. The number of nitrogens with zero attached hydrogens (tertiary/aromatic N) is 2. The van der Waals surface area contributed by atoms with Crippen LogP contribution < -0.4 is 10.6 Å². The van der Waals surface area contributed by atoms with Crippen molar-refractivity contribution in [2.24, 2.45) is 0 Å². The molecule has 1 aromatic heterocycles. The van der Waals surface area contributed by atoms with Crippen LogP contribution in [0.25, 0.3) is 0 Å². The average Bonchev–Trinajstić information content (AvgIpc) is 2.31. The van der Waals surface area contributed by atoms with Crippen molar-refractivity contribution >= 4 is 11.9 Å². The summed E-state index contributed by atoms with van der Waals surface area (Å²) >= 11 is 0. The van der Waals surface area contributed by atoms with E-state index in [4.69, 9.17) is 4.74 Å². The van der Waals surface area contributed by atoms with Gasteiger partial charge in [-0.2, -0.15) is 0 Å². The topological polar surface area (TPSA) is 76.1 Å². The minimum Gasteiger partial charge on any atom is -0.366 e. The van der Waals surface area contributed by atoms with E-state index < -0.39 is 6.10 Å². The molecule has 2 N–H and O–H groups in total. The van der Waals surface area contributed by atoms with Crippen LogP contribution in [-0.2, 0) is 9.53 Å². The van der Waals surface area contributed by atoms with Crippen LogP contribution in [0.2, 0.25) is 0 Å². The quantitative estimate of drug-likeness (QED) is 0.679. The first-order valence-corrected chi connectivity index (χ1v) is 4.76. The van der Waals surface area contributed by atoms with Crippen LogP contribution in [0, 0.1) is 0 Å². The Balaban J connectivity index is 1.91. The standard InChI is InChI=1S/C9H12N4O2/c14-8(7-6-10-4-5-15-7)13-9-11-2-1-3-12-9/h1-3,7,10H,4-6H2,(H,11,12,13,14). The Morgan fingerprint density at radius 3 is 3.00 bits per heavy atom. The van der Waals surface area contributed by atoms with Crippen molar-refractivity contribution in [3.8, 4) is 0 Å². The highest BCUT2D eigenvalue weighted by molar-refractivity contribution is 5.92. The number of hydrogen-bond donors (Lipinski definition) is 2. The van der Waals surface area contributed by atoms with Gasteiger partial charge in [0.1, 0.15) is 6.10 Å². The fourth-order valence-electron chi connectivity index (χ4n) is 1.29. The maximum atomic E-state index is 11.6. The normalized spacial score (nSPS) is 20.9. The molecular formula is C9H12N4O2. The molecule has 15 heavy (non-hydrogen) atoms. The van der Waals surface area contributed by atoms with Gasteiger partial charge in [-0.15, -0.1) is 0 Å². The van der Waals surface area contributed by atoms with Gasteiger partial charge in [0.2, 0.25) is 5.95 Å². The van der Waals surface area contributed by atoms with Gasteiger partial charge in [-0.05, 0) is 6.07 Å². The number of rotatable bonds is 2. The van der Waals surface area contributed by atoms with E-state index in [1.807, 2.05) is 0 Å². The molecule has 80 valence electrons. The Kier molecular flexibility index (Phi) is 3.21. The molecule has 0 spiro atoms. The smallest absolute Gasteiger partial charge is 0.257 e. The molecule has 0 radical (unpaired) electrons. The fourth-order valence-corrected chi connectivity index (χ4v) is 1.29. The van der Waals surface area contributed by atoms with Gasteiger partial charge in [0.25, 0.3) is 5.91 Å². The van der Waals surface area contributed by atoms with Gasteiger partial charge in [-0.25, -0.2) is 9.97 Å². The van der Waals surface area contributed by atoms with Crippen molar-refractivity contribution in [1.82, 2.24) is 15.3 Å². The second-order valence-corrected chi connectivity index (χ2v) is 3.13. The highest BCUT2D eigenvalue weighted by Gasteiger charge is 2.22. The summed E-state index contributed by atoms with van der Waals surface area (Å²) in [5, 5.41) is 5.66. The number of morpholine rings is 1. The molecule has 6 nitrogen and oxygen atoms in total. The molecule has 1 unspecified atom stereocenters. The van der Waals surface area contributed by atoms with E-state index in [9.17, 15) is 4.79 Å². The lowest BCUT2D eigenvalue weighted by Crippen LogP contribution is -2.45. The number of ether oxygens (including phenoxy) is 1. The van der Waals surface area contributed by atoms with E-state index in [1.165, 1.54) is 0 Å². The lowest BCUT2D eigenvalue weighted by Gasteiger charge is -2.22.